The molecule has 2 aromatic rings. The van der Waals surface area contributed by atoms with Crippen molar-refractivity contribution in [2.24, 2.45) is 0 Å². The van der Waals surface area contributed by atoms with Crippen LogP contribution in [0.4, 0.5) is 17.5 Å². The third kappa shape index (κ3) is 4.33. The van der Waals surface area contributed by atoms with Crippen LogP contribution in [0, 0.1) is 13.8 Å². The second-order valence-corrected chi connectivity index (χ2v) is 6.23. The van der Waals surface area contributed by atoms with E-state index in [1.54, 1.807) is 0 Å². The van der Waals surface area contributed by atoms with Gasteiger partial charge >= 0.3 is 0 Å². The number of aryl methyl sites for hydroxylation is 2. The maximum Gasteiger partial charge on any atom is 0.229 e. The van der Waals surface area contributed by atoms with Crippen LogP contribution in [0.25, 0.3) is 0 Å². The second-order valence-electron chi connectivity index (χ2n) is 5.82. The van der Waals surface area contributed by atoms with Crippen molar-refractivity contribution in [1.29, 1.82) is 0 Å². The molecule has 1 aromatic carbocycles. The molecule has 3 rings (SSSR count). The van der Waals surface area contributed by atoms with Gasteiger partial charge in [-0.25, -0.2) is 4.98 Å². The lowest BCUT2D eigenvalue weighted by Crippen LogP contribution is -2.19. The molecule has 1 fully saturated rings. The van der Waals surface area contributed by atoms with E-state index in [2.05, 4.69) is 20.6 Å². The maximum atomic E-state index is 6.16. The number of hydrogen-bond acceptors (Lipinski definition) is 5. The van der Waals surface area contributed by atoms with Crippen molar-refractivity contribution in [2.45, 2.75) is 32.8 Å². The molecule has 0 saturated carbocycles. The number of nitrogens with zero attached hydrogens (tertiary/aromatic N) is 2. The molecular formula is C17H21ClN4O. The van der Waals surface area contributed by atoms with Gasteiger partial charge in [0.15, 0.2) is 0 Å². The average Bonchev–Trinajstić information content (AvgIpc) is 3.02. The van der Waals surface area contributed by atoms with Crippen molar-refractivity contribution in [3.05, 3.63) is 40.5 Å². The van der Waals surface area contributed by atoms with E-state index < -0.39 is 0 Å². The molecule has 1 atom stereocenters. The summed E-state index contributed by atoms with van der Waals surface area (Å²) in [4.78, 5) is 8.93. The predicted molar refractivity (Wildman–Crippen MR) is 93.7 cm³/mol. The summed E-state index contributed by atoms with van der Waals surface area (Å²) in [5.41, 5.74) is 2.81. The van der Waals surface area contributed by atoms with E-state index in [0.29, 0.717) is 5.95 Å². The summed E-state index contributed by atoms with van der Waals surface area (Å²) in [5.74, 6) is 1.36. The molecule has 6 heteroatoms. The Morgan fingerprint density at radius 3 is 2.87 bits per heavy atom. The number of rotatable bonds is 5. The summed E-state index contributed by atoms with van der Waals surface area (Å²) >= 11 is 6.16. The quantitative estimate of drug-likeness (QED) is 0.864. The zero-order valence-electron chi connectivity index (χ0n) is 13.4. The van der Waals surface area contributed by atoms with Gasteiger partial charge in [0.25, 0.3) is 0 Å². The molecule has 0 amide bonds. The summed E-state index contributed by atoms with van der Waals surface area (Å²) in [6.07, 6.45) is 2.51. The summed E-state index contributed by atoms with van der Waals surface area (Å²) in [6, 6.07) is 7.74. The Labute approximate surface area is 141 Å². The highest BCUT2D eigenvalue weighted by molar-refractivity contribution is 6.31. The topological polar surface area (TPSA) is 59.1 Å². The van der Waals surface area contributed by atoms with Crippen LogP contribution >= 0.6 is 11.6 Å². The first kappa shape index (κ1) is 16.0. The first-order valence-electron chi connectivity index (χ1n) is 7.84. The van der Waals surface area contributed by atoms with Gasteiger partial charge in [-0.15, -0.1) is 0 Å². The Morgan fingerprint density at radius 2 is 2.13 bits per heavy atom. The van der Waals surface area contributed by atoms with Gasteiger partial charge < -0.3 is 15.4 Å². The van der Waals surface area contributed by atoms with Crippen LogP contribution in [-0.2, 0) is 4.74 Å². The molecule has 2 N–H and O–H groups in total. The van der Waals surface area contributed by atoms with Crippen LogP contribution < -0.4 is 10.6 Å². The van der Waals surface area contributed by atoms with Gasteiger partial charge in [0, 0.05) is 35.6 Å². The van der Waals surface area contributed by atoms with E-state index in [4.69, 9.17) is 16.3 Å². The van der Waals surface area contributed by atoms with Crippen LogP contribution in [0.5, 0.6) is 0 Å². The van der Waals surface area contributed by atoms with Crippen LogP contribution in [0.3, 0.4) is 0 Å². The third-order valence-electron chi connectivity index (χ3n) is 3.82. The Hall–Kier alpha value is -1.85. The van der Waals surface area contributed by atoms with E-state index in [-0.39, 0.29) is 6.10 Å². The smallest absolute Gasteiger partial charge is 0.229 e. The highest BCUT2D eigenvalue weighted by atomic mass is 35.5. The highest BCUT2D eigenvalue weighted by Crippen LogP contribution is 2.22. The van der Waals surface area contributed by atoms with Crippen molar-refractivity contribution >= 4 is 29.1 Å². The van der Waals surface area contributed by atoms with Gasteiger partial charge in [-0.1, -0.05) is 17.7 Å². The van der Waals surface area contributed by atoms with Gasteiger partial charge in [-0.3, -0.25) is 0 Å². The molecule has 5 nitrogen and oxygen atoms in total. The van der Waals surface area contributed by atoms with E-state index in [9.17, 15) is 0 Å². The SMILES string of the molecule is Cc1cc(NCC2CCCO2)nc(Nc2ccc(C)c(Cl)c2)n1. The zero-order chi connectivity index (χ0) is 16.2. The number of nitrogens with one attached hydrogen (secondary N) is 2. The summed E-state index contributed by atoms with van der Waals surface area (Å²) in [7, 11) is 0. The van der Waals surface area contributed by atoms with E-state index >= 15 is 0 Å². The van der Waals surface area contributed by atoms with Crippen molar-refractivity contribution in [2.75, 3.05) is 23.8 Å². The van der Waals surface area contributed by atoms with Gasteiger partial charge in [0.2, 0.25) is 5.95 Å². The monoisotopic (exact) mass is 332 g/mol. The second kappa shape index (κ2) is 7.15. The molecule has 0 aliphatic carbocycles. The fourth-order valence-electron chi connectivity index (χ4n) is 2.54. The van der Waals surface area contributed by atoms with Crippen LogP contribution in [0.2, 0.25) is 5.02 Å². The summed E-state index contributed by atoms with van der Waals surface area (Å²) in [6.45, 7) is 5.55. The Balaban J connectivity index is 1.70. The Morgan fingerprint density at radius 1 is 1.26 bits per heavy atom. The van der Waals surface area contributed by atoms with Crippen LogP contribution in [0.1, 0.15) is 24.1 Å². The molecule has 122 valence electrons. The van der Waals surface area contributed by atoms with Gasteiger partial charge in [-0.2, -0.15) is 4.98 Å². The normalized spacial score (nSPS) is 17.3. The fourth-order valence-corrected chi connectivity index (χ4v) is 2.72. The molecule has 1 aromatic heterocycles. The maximum absolute atomic E-state index is 6.16. The Bertz CT molecular complexity index is 686. The summed E-state index contributed by atoms with van der Waals surface area (Å²) in [5, 5.41) is 7.26. The van der Waals surface area contributed by atoms with Gasteiger partial charge in [0.1, 0.15) is 5.82 Å². The predicted octanol–water partition coefficient (Wildman–Crippen LogP) is 4.08. The first-order valence-corrected chi connectivity index (χ1v) is 8.22. The molecular weight excluding hydrogens is 312 g/mol. The Kier molecular flexibility index (Phi) is 4.98. The van der Waals surface area contributed by atoms with Crippen LogP contribution in [0.15, 0.2) is 24.3 Å². The molecule has 1 aliphatic rings. The third-order valence-corrected chi connectivity index (χ3v) is 4.22. The lowest BCUT2D eigenvalue weighted by atomic mass is 10.2. The lowest BCUT2D eigenvalue weighted by Gasteiger charge is -2.13. The average molecular weight is 333 g/mol. The molecule has 1 saturated heterocycles. The van der Waals surface area contributed by atoms with Crippen molar-refractivity contribution in [3.8, 4) is 0 Å². The summed E-state index contributed by atoms with van der Waals surface area (Å²) < 4.78 is 5.62. The number of benzene rings is 1. The minimum Gasteiger partial charge on any atom is -0.376 e. The molecule has 2 heterocycles. The number of aromatic nitrogens is 2. The number of hydrogen-bond donors (Lipinski definition) is 2. The molecule has 0 bridgehead atoms. The lowest BCUT2D eigenvalue weighted by molar-refractivity contribution is 0.120. The number of halogens is 1. The molecule has 0 radical (unpaired) electrons. The largest absolute Gasteiger partial charge is 0.376 e. The van der Waals surface area contributed by atoms with Crippen molar-refractivity contribution in [3.63, 3.8) is 0 Å². The van der Waals surface area contributed by atoms with Gasteiger partial charge in [0.05, 0.1) is 6.10 Å². The number of ether oxygens (including phenoxy) is 1. The molecule has 1 aliphatic heterocycles. The zero-order valence-corrected chi connectivity index (χ0v) is 14.2. The number of anilines is 3. The van der Waals surface area contributed by atoms with E-state index in [1.165, 1.54) is 0 Å². The van der Waals surface area contributed by atoms with Crippen molar-refractivity contribution < 1.29 is 4.74 Å². The molecule has 23 heavy (non-hydrogen) atoms. The van der Waals surface area contributed by atoms with Crippen LogP contribution in [-0.4, -0.2) is 29.2 Å². The minimum absolute atomic E-state index is 0.276. The van der Waals surface area contributed by atoms with E-state index in [0.717, 1.165) is 53.8 Å². The molecule has 0 spiro atoms. The highest BCUT2D eigenvalue weighted by Gasteiger charge is 2.15. The van der Waals surface area contributed by atoms with Crippen molar-refractivity contribution in [1.82, 2.24) is 9.97 Å². The first-order chi connectivity index (χ1) is 11.1. The molecule has 1 unspecified atom stereocenters. The van der Waals surface area contributed by atoms with Gasteiger partial charge in [-0.05, 0) is 44.4 Å². The fraction of sp³-hybridized carbons (Fsp3) is 0.412. The van der Waals surface area contributed by atoms with E-state index in [1.807, 2.05) is 38.1 Å². The standard InChI is InChI=1S/C17H21ClN4O/c1-11-5-6-13(9-15(11)18)21-17-20-12(2)8-16(22-17)19-10-14-4-3-7-23-14/h5-6,8-9,14H,3-4,7,10H2,1-2H3,(H2,19,20,21,22). The minimum atomic E-state index is 0.276.